The molecule has 1 unspecified atom stereocenters. The first-order valence-electron chi connectivity index (χ1n) is 11.6. The SMILES string of the molecule is Cc1nc(-c2c(F)cc(Cl)cc2-c2ccc3c(c2)CCC3(C)NC(=O)O)no1.O=C(NC1CC1)C(F)(F)F. The van der Waals surface area contributed by atoms with Gasteiger partial charge in [0.1, 0.15) is 5.82 Å². The Morgan fingerprint density at radius 3 is 2.50 bits per heavy atom. The van der Waals surface area contributed by atoms with Crippen molar-refractivity contribution >= 4 is 23.6 Å². The highest BCUT2D eigenvalue weighted by Gasteiger charge is 2.41. The molecule has 2 aliphatic rings. The number of nitrogens with one attached hydrogen (secondary N) is 2. The van der Waals surface area contributed by atoms with Gasteiger partial charge in [0.25, 0.3) is 0 Å². The summed E-state index contributed by atoms with van der Waals surface area (Å²) in [6.07, 6.45) is -3.09. The quantitative estimate of drug-likeness (QED) is 0.353. The van der Waals surface area contributed by atoms with Crippen LogP contribution in [0.5, 0.6) is 0 Å². The summed E-state index contributed by atoms with van der Waals surface area (Å²) in [5.74, 6) is -1.88. The number of fused-ring (bicyclic) bond motifs is 1. The number of amides is 2. The van der Waals surface area contributed by atoms with E-state index >= 15 is 0 Å². The van der Waals surface area contributed by atoms with Crippen LogP contribution in [0.25, 0.3) is 22.5 Å². The highest BCUT2D eigenvalue weighted by atomic mass is 35.5. The zero-order valence-electron chi connectivity index (χ0n) is 20.2. The van der Waals surface area contributed by atoms with Gasteiger partial charge in [-0.25, -0.2) is 9.18 Å². The number of carbonyl (C=O) groups excluding carboxylic acids is 1. The summed E-state index contributed by atoms with van der Waals surface area (Å²) in [5, 5.41) is 17.7. The first-order chi connectivity index (χ1) is 17.8. The van der Waals surface area contributed by atoms with E-state index in [1.54, 1.807) is 13.0 Å². The van der Waals surface area contributed by atoms with Gasteiger partial charge < -0.3 is 20.3 Å². The second kappa shape index (κ2) is 10.2. The monoisotopic (exact) mass is 554 g/mol. The number of rotatable bonds is 4. The van der Waals surface area contributed by atoms with Crippen molar-refractivity contribution < 1.29 is 36.8 Å². The molecule has 5 rings (SSSR count). The minimum Gasteiger partial charge on any atom is -0.465 e. The Balaban J connectivity index is 0.000000283. The fourth-order valence-corrected chi connectivity index (χ4v) is 4.52. The van der Waals surface area contributed by atoms with Crippen LogP contribution in [0, 0.1) is 12.7 Å². The average molecular weight is 555 g/mol. The van der Waals surface area contributed by atoms with Crippen molar-refractivity contribution in [3.63, 3.8) is 0 Å². The highest BCUT2D eigenvalue weighted by Crippen LogP contribution is 2.41. The number of carboxylic acid groups (broad SMARTS) is 1. The van der Waals surface area contributed by atoms with Crippen LogP contribution in [0.1, 0.15) is 43.2 Å². The van der Waals surface area contributed by atoms with Crippen molar-refractivity contribution in [3.05, 3.63) is 58.2 Å². The molecule has 1 atom stereocenters. The number of aromatic nitrogens is 2. The normalized spacial score (nSPS) is 18.3. The van der Waals surface area contributed by atoms with Gasteiger partial charge in [-0.15, -0.1) is 0 Å². The number of nitrogens with zero attached hydrogens (tertiary/aromatic N) is 2. The summed E-state index contributed by atoms with van der Waals surface area (Å²) < 4.78 is 54.0. The third-order valence-corrected chi connectivity index (χ3v) is 6.48. The van der Waals surface area contributed by atoms with Crippen LogP contribution in [-0.4, -0.2) is 39.5 Å². The van der Waals surface area contributed by atoms with Crippen LogP contribution in [0.3, 0.4) is 0 Å². The third kappa shape index (κ3) is 6.07. The molecule has 3 N–H and O–H groups in total. The Labute approximate surface area is 219 Å². The number of alkyl halides is 3. The van der Waals surface area contributed by atoms with E-state index in [0.717, 1.165) is 16.7 Å². The van der Waals surface area contributed by atoms with Crippen molar-refractivity contribution in [1.29, 1.82) is 0 Å². The van der Waals surface area contributed by atoms with Crippen molar-refractivity contribution in [3.8, 4) is 22.5 Å². The number of aryl methyl sites for hydroxylation is 2. The van der Waals surface area contributed by atoms with E-state index in [-0.39, 0.29) is 22.5 Å². The Morgan fingerprint density at radius 1 is 1.21 bits per heavy atom. The van der Waals surface area contributed by atoms with Crippen LogP contribution in [0.4, 0.5) is 22.4 Å². The number of benzene rings is 2. The first kappa shape index (κ1) is 27.4. The molecule has 0 bridgehead atoms. The molecule has 2 aliphatic carbocycles. The molecule has 1 saturated carbocycles. The predicted molar refractivity (Wildman–Crippen MR) is 129 cm³/mol. The van der Waals surface area contributed by atoms with Crippen molar-refractivity contribution in [1.82, 2.24) is 20.8 Å². The lowest BCUT2D eigenvalue weighted by molar-refractivity contribution is -0.173. The average Bonchev–Trinajstić information content (AvgIpc) is 3.44. The number of halogens is 5. The van der Waals surface area contributed by atoms with Gasteiger partial charge in [-0.05, 0) is 67.0 Å². The van der Waals surface area contributed by atoms with E-state index in [0.29, 0.717) is 37.1 Å². The molecular formula is C25H23ClF4N4O4. The van der Waals surface area contributed by atoms with Crippen LogP contribution in [0.2, 0.25) is 5.02 Å². The highest BCUT2D eigenvalue weighted by molar-refractivity contribution is 6.31. The van der Waals surface area contributed by atoms with Gasteiger partial charge in [0.2, 0.25) is 11.7 Å². The summed E-state index contributed by atoms with van der Waals surface area (Å²) in [7, 11) is 0. The van der Waals surface area contributed by atoms with Crippen LogP contribution < -0.4 is 10.6 Å². The van der Waals surface area contributed by atoms with Gasteiger partial charge in [0.15, 0.2) is 0 Å². The molecule has 0 radical (unpaired) electrons. The molecular weight excluding hydrogens is 532 g/mol. The van der Waals surface area contributed by atoms with Crippen LogP contribution in [0.15, 0.2) is 34.9 Å². The lowest BCUT2D eigenvalue weighted by Gasteiger charge is -2.25. The first-order valence-corrected chi connectivity index (χ1v) is 12.0. The van der Waals surface area contributed by atoms with Crippen molar-refractivity contribution in [2.75, 3.05) is 0 Å². The summed E-state index contributed by atoms with van der Waals surface area (Å²) in [5.41, 5.74) is 2.78. The van der Waals surface area contributed by atoms with E-state index in [4.69, 9.17) is 21.2 Å². The maximum Gasteiger partial charge on any atom is 0.471 e. The molecule has 1 fully saturated rings. The van der Waals surface area contributed by atoms with Gasteiger partial charge in [-0.1, -0.05) is 35.0 Å². The van der Waals surface area contributed by atoms with Gasteiger partial charge in [0, 0.05) is 18.0 Å². The molecule has 0 saturated heterocycles. The van der Waals surface area contributed by atoms with Crippen LogP contribution >= 0.6 is 11.6 Å². The molecule has 13 heteroatoms. The lowest BCUT2D eigenvalue weighted by Crippen LogP contribution is -2.40. The molecule has 202 valence electrons. The summed E-state index contributed by atoms with van der Waals surface area (Å²) >= 11 is 6.11. The molecule has 0 aliphatic heterocycles. The van der Waals surface area contributed by atoms with Gasteiger partial charge in [0.05, 0.1) is 11.1 Å². The Kier molecular flexibility index (Phi) is 7.37. The van der Waals surface area contributed by atoms with Crippen molar-refractivity contribution in [2.24, 2.45) is 0 Å². The molecule has 38 heavy (non-hydrogen) atoms. The molecule has 2 aromatic carbocycles. The zero-order chi connectivity index (χ0) is 27.8. The van der Waals surface area contributed by atoms with Gasteiger partial charge >= 0.3 is 18.2 Å². The van der Waals surface area contributed by atoms with E-state index in [9.17, 15) is 27.2 Å². The van der Waals surface area contributed by atoms with Gasteiger partial charge in [-0.2, -0.15) is 18.2 Å². The molecule has 0 spiro atoms. The maximum atomic E-state index is 14.8. The largest absolute Gasteiger partial charge is 0.471 e. The van der Waals surface area contributed by atoms with E-state index in [2.05, 4.69) is 15.5 Å². The van der Waals surface area contributed by atoms with E-state index < -0.39 is 29.5 Å². The lowest BCUT2D eigenvalue weighted by atomic mass is 9.91. The van der Waals surface area contributed by atoms with E-state index in [1.165, 1.54) is 6.07 Å². The Hall–Kier alpha value is -3.67. The molecule has 2 amide bonds. The van der Waals surface area contributed by atoms with Gasteiger partial charge in [-0.3, -0.25) is 4.79 Å². The number of carbonyl (C=O) groups is 2. The fourth-order valence-electron chi connectivity index (χ4n) is 4.32. The second-order valence-electron chi connectivity index (χ2n) is 9.33. The third-order valence-electron chi connectivity index (χ3n) is 6.26. The Morgan fingerprint density at radius 2 is 1.92 bits per heavy atom. The second-order valence-corrected chi connectivity index (χ2v) is 9.76. The topological polar surface area (TPSA) is 117 Å². The smallest absolute Gasteiger partial charge is 0.465 e. The summed E-state index contributed by atoms with van der Waals surface area (Å²) in [4.78, 5) is 25.4. The summed E-state index contributed by atoms with van der Waals surface area (Å²) in [6, 6.07) is 8.29. The molecule has 1 heterocycles. The van der Waals surface area contributed by atoms with E-state index in [1.807, 2.05) is 30.4 Å². The minimum absolute atomic E-state index is 0.152. The summed E-state index contributed by atoms with van der Waals surface area (Å²) in [6.45, 7) is 3.49. The molecule has 8 nitrogen and oxygen atoms in total. The predicted octanol–water partition coefficient (Wildman–Crippen LogP) is 5.76. The standard InChI is InChI=1S/C20H17ClFN3O3.C5H6F3NO/c1-10-23-18(25-28-10)17-14(8-13(21)9-16(17)22)11-3-4-15-12(7-11)5-6-20(15,2)24-19(26)27;6-5(7,8)4(10)9-3-1-2-3/h3-4,7-9,24H,5-6H2,1-2H3,(H,26,27);3H,1-2H2,(H,9,10). The number of hydrogen-bond acceptors (Lipinski definition) is 5. The zero-order valence-corrected chi connectivity index (χ0v) is 21.0. The van der Waals surface area contributed by atoms with Crippen molar-refractivity contribution in [2.45, 2.75) is 57.3 Å². The maximum absolute atomic E-state index is 14.8. The Bertz CT molecular complexity index is 1390. The fraction of sp³-hybridized carbons (Fsp3) is 0.360. The van der Waals surface area contributed by atoms with Crippen LogP contribution in [-0.2, 0) is 16.8 Å². The molecule has 3 aromatic rings. The minimum atomic E-state index is -4.72. The number of hydrogen-bond donors (Lipinski definition) is 3. The molecule has 1 aromatic heterocycles.